The van der Waals surface area contributed by atoms with Crippen LogP contribution in [0.5, 0.6) is 0 Å². The summed E-state index contributed by atoms with van der Waals surface area (Å²) in [6, 6.07) is 16.1. The minimum absolute atomic E-state index is 0.0624. The van der Waals surface area contributed by atoms with Crippen molar-refractivity contribution in [3.05, 3.63) is 60.2 Å². The molecular weight excluding hydrogens is 354 g/mol. The minimum Gasteiger partial charge on any atom is -0.480 e. The molecule has 142 valence electrons. The number of Topliss-reactive ketones (excluding diaryl/α,β-unsaturated/α-hetero) is 1. The van der Waals surface area contributed by atoms with Gasteiger partial charge in [0, 0.05) is 12.8 Å². The van der Waals surface area contributed by atoms with Crippen LogP contribution in [-0.4, -0.2) is 28.8 Å². The molecule has 0 aromatic heterocycles. The number of ketones is 1. The van der Waals surface area contributed by atoms with Gasteiger partial charge in [0.1, 0.15) is 11.8 Å². The number of nitrogens with one attached hydrogen (secondary N) is 1. The first-order valence-corrected chi connectivity index (χ1v) is 9.50. The van der Waals surface area contributed by atoms with Crippen molar-refractivity contribution < 1.29 is 19.5 Å². The van der Waals surface area contributed by atoms with Gasteiger partial charge in [-0.1, -0.05) is 48.5 Å². The number of aliphatic carboxylic acids is 1. The van der Waals surface area contributed by atoms with E-state index in [0.717, 1.165) is 21.5 Å². The Balaban J connectivity index is 1.76. The van der Waals surface area contributed by atoms with Gasteiger partial charge < -0.3 is 10.4 Å². The Labute approximate surface area is 162 Å². The highest BCUT2D eigenvalue weighted by atomic mass is 16.4. The molecule has 0 saturated heterocycles. The van der Waals surface area contributed by atoms with Crippen LogP contribution in [0.25, 0.3) is 21.5 Å². The van der Waals surface area contributed by atoms with Crippen molar-refractivity contribution >= 4 is 39.2 Å². The Bertz CT molecular complexity index is 1030. The average molecular weight is 375 g/mol. The molecule has 4 rings (SSSR count). The monoisotopic (exact) mass is 375 g/mol. The van der Waals surface area contributed by atoms with Crippen LogP contribution < -0.4 is 5.32 Å². The molecule has 0 heterocycles. The molecule has 5 nitrogen and oxygen atoms in total. The fourth-order valence-corrected chi connectivity index (χ4v) is 4.20. The fourth-order valence-electron chi connectivity index (χ4n) is 4.20. The molecule has 1 amide bonds. The van der Waals surface area contributed by atoms with Crippen LogP contribution in [0.2, 0.25) is 0 Å². The highest BCUT2D eigenvalue weighted by Crippen LogP contribution is 2.30. The number of benzene rings is 3. The Kier molecular flexibility index (Phi) is 4.82. The molecule has 0 unspecified atom stereocenters. The number of hydrogen-bond donors (Lipinski definition) is 2. The molecule has 2 atom stereocenters. The van der Waals surface area contributed by atoms with Crippen LogP contribution in [0.3, 0.4) is 0 Å². The van der Waals surface area contributed by atoms with Crippen LogP contribution >= 0.6 is 0 Å². The highest BCUT2D eigenvalue weighted by Gasteiger charge is 2.34. The van der Waals surface area contributed by atoms with Crippen LogP contribution in [0.1, 0.15) is 36.0 Å². The number of carboxylic acid groups (broad SMARTS) is 1. The van der Waals surface area contributed by atoms with Gasteiger partial charge in [0.2, 0.25) is 0 Å². The lowest BCUT2D eigenvalue weighted by Gasteiger charge is -2.27. The summed E-state index contributed by atoms with van der Waals surface area (Å²) < 4.78 is 0. The maximum atomic E-state index is 13.3. The quantitative estimate of drug-likeness (QED) is 0.677. The van der Waals surface area contributed by atoms with E-state index in [-0.39, 0.29) is 18.1 Å². The Hall–Kier alpha value is -3.21. The van der Waals surface area contributed by atoms with Gasteiger partial charge >= 0.3 is 5.97 Å². The predicted octanol–water partition coefficient (Wildman–Crippen LogP) is 3.94. The summed E-state index contributed by atoms with van der Waals surface area (Å²) in [7, 11) is 0. The third-order valence-corrected chi connectivity index (χ3v) is 5.54. The SMILES string of the molecule is O=C1CCC[C@@H]([C@@H](NC(=O)c2c3ccccc3cc3ccccc23)C(=O)O)C1. The van der Waals surface area contributed by atoms with Crippen LogP contribution in [0, 0.1) is 5.92 Å². The largest absolute Gasteiger partial charge is 0.480 e. The standard InChI is InChI=1S/C23H21NO4/c25-17-9-5-8-16(13-17)21(23(27)28)24-22(26)20-18-10-3-1-6-14(18)12-15-7-2-4-11-19(15)20/h1-4,6-7,10-12,16,21H,5,8-9,13H2,(H,24,26)(H,27,28)/t16-,21-/m1/s1. The maximum Gasteiger partial charge on any atom is 0.326 e. The van der Waals surface area contributed by atoms with Crippen LogP contribution in [0.4, 0.5) is 0 Å². The summed E-state index contributed by atoms with van der Waals surface area (Å²) >= 11 is 0. The zero-order chi connectivity index (χ0) is 19.7. The zero-order valence-corrected chi connectivity index (χ0v) is 15.4. The van der Waals surface area contributed by atoms with E-state index in [1.165, 1.54) is 0 Å². The van der Waals surface area contributed by atoms with E-state index in [0.29, 0.717) is 24.8 Å². The summed E-state index contributed by atoms with van der Waals surface area (Å²) in [4.78, 5) is 36.9. The van der Waals surface area contributed by atoms with Gasteiger partial charge in [-0.15, -0.1) is 0 Å². The van der Waals surface area contributed by atoms with Crippen LogP contribution in [0.15, 0.2) is 54.6 Å². The van der Waals surface area contributed by atoms with Crippen molar-refractivity contribution in [3.8, 4) is 0 Å². The van der Waals surface area contributed by atoms with Crippen molar-refractivity contribution in [2.24, 2.45) is 5.92 Å². The third kappa shape index (κ3) is 3.36. The van der Waals surface area contributed by atoms with Gasteiger partial charge in [-0.05, 0) is 46.4 Å². The first-order valence-electron chi connectivity index (χ1n) is 9.50. The highest BCUT2D eigenvalue weighted by molar-refractivity contribution is 6.18. The topological polar surface area (TPSA) is 83.5 Å². The van der Waals surface area contributed by atoms with E-state index in [9.17, 15) is 19.5 Å². The summed E-state index contributed by atoms with van der Waals surface area (Å²) in [6.45, 7) is 0. The van der Waals surface area contributed by atoms with Gasteiger partial charge in [0.25, 0.3) is 5.91 Å². The second-order valence-corrected chi connectivity index (χ2v) is 7.38. The second kappa shape index (κ2) is 7.43. The summed E-state index contributed by atoms with van der Waals surface area (Å²) in [6.07, 6.45) is 1.98. The Morgan fingerprint density at radius 2 is 1.61 bits per heavy atom. The van der Waals surface area contributed by atoms with E-state index in [2.05, 4.69) is 5.32 Å². The molecule has 1 saturated carbocycles. The molecule has 1 aliphatic carbocycles. The van der Waals surface area contributed by atoms with E-state index in [4.69, 9.17) is 0 Å². The molecule has 3 aromatic carbocycles. The molecular formula is C23H21NO4. The van der Waals surface area contributed by atoms with Gasteiger partial charge in [0.15, 0.2) is 0 Å². The lowest BCUT2D eigenvalue weighted by Crippen LogP contribution is -2.47. The van der Waals surface area contributed by atoms with Crippen molar-refractivity contribution in [2.75, 3.05) is 0 Å². The molecule has 0 spiro atoms. The summed E-state index contributed by atoms with van der Waals surface area (Å²) in [5, 5.41) is 15.8. The molecule has 0 bridgehead atoms. The van der Waals surface area contributed by atoms with Crippen molar-refractivity contribution in [1.82, 2.24) is 5.32 Å². The number of carboxylic acids is 1. The second-order valence-electron chi connectivity index (χ2n) is 7.38. The van der Waals surface area contributed by atoms with Crippen LogP contribution in [-0.2, 0) is 9.59 Å². The lowest BCUT2D eigenvalue weighted by atomic mass is 9.83. The number of hydrogen-bond acceptors (Lipinski definition) is 3. The first kappa shape index (κ1) is 18.2. The molecule has 5 heteroatoms. The normalized spacial score (nSPS) is 18.1. The number of rotatable bonds is 4. The fraction of sp³-hybridized carbons (Fsp3) is 0.261. The van der Waals surface area contributed by atoms with Gasteiger partial charge in [-0.2, -0.15) is 0 Å². The van der Waals surface area contributed by atoms with E-state index < -0.39 is 17.9 Å². The number of carbonyl (C=O) groups is 3. The van der Waals surface area contributed by atoms with Crippen molar-refractivity contribution in [1.29, 1.82) is 0 Å². The molecule has 1 aliphatic rings. The van der Waals surface area contributed by atoms with Crippen molar-refractivity contribution in [3.63, 3.8) is 0 Å². The Morgan fingerprint density at radius 3 is 2.18 bits per heavy atom. The molecule has 1 fully saturated rings. The number of fused-ring (bicyclic) bond motifs is 2. The average Bonchev–Trinajstić information content (AvgIpc) is 2.69. The number of amides is 1. The van der Waals surface area contributed by atoms with E-state index in [1.807, 2.05) is 54.6 Å². The minimum atomic E-state index is -1.10. The van der Waals surface area contributed by atoms with Gasteiger partial charge in [-0.3, -0.25) is 9.59 Å². The molecule has 3 aromatic rings. The maximum absolute atomic E-state index is 13.3. The summed E-state index contributed by atoms with van der Waals surface area (Å²) in [5.41, 5.74) is 0.474. The van der Waals surface area contributed by atoms with Gasteiger partial charge in [-0.25, -0.2) is 4.79 Å². The molecule has 0 aliphatic heterocycles. The first-order chi connectivity index (χ1) is 13.5. The number of carbonyl (C=O) groups excluding carboxylic acids is 2. The van der Waals surface area contributed by atoms with Gasteiger partial charge in [0.05, 0.1) is 5.56 Å². The van der Waals surface area contributed by atoms with E-state index in [1.54, 1.807) is 0 Å². The molecule has 2 N–H and O–H groups in total. The lowest BCUT2D eigenvalue weighted by molar-refractivity contribution is -0.141. The molecule has 28 heavy (non-hydrogen) atoms. The zero-order valence-electron chi connectivity index (χ0n) is 15.4. The Morgan fingerprint density at radius 1 is 1.00 bits per heavy atom. The molecule has 0 radical (unpaired) electrons. The summed E-state index contributed by atoms with van der Waals surface area (Å²) in [5.74, 6) is -1.83. The predicted molar refractivity (Wildman–Crippen MR) is 107 cm³/mol. The van der Waals surface area contributed by atoms with Crippen molar-refractivity contribution in [2.45, 2.75) is 31.7 Å². The smallest absolute Gasteiger partial charge is 0.326 e. The van der Waals surface area contributed by atoms with E-state index >= 15 is 0 Å². The third-order valence-electron chi connectivity index (χ3n) is 5.54.